The molecule has 1 aromatic carbocycles. The summed E-state index contributed by atoms with van der Waals surface area (Å²) in [4.78, 5) is 22.5. The second kappa shape index (κ2) is 6.63. The molecule has 2 N–H and O–H groups in total. The van der Waals surface area contributed by atoms with Gasteiger partial charge in [0.2, 0.25) is 0 Å². The molecule has 1 rings (SSSR count). The van der Waals surface area contributed by atoms with Crippen LogP contribution in [0.15, 0.2) is 18.2 Å². The number of benzene rings is 1. The second-order valence-corrected chi connectivity index (χ2v) is 3.83. The van der Waals surface area contributed by atoms with Crippen molar-refractivity contribution in [3.05, 3.63) is 23.8 Å². The standard InChI is InChI=1S/C13H17NO5/c1-4-19-11-7-9(5-6-10(11)18-3)12(15)14-8(2)13(16)17/h5-8H,4H2,1-3H3,(H,14,15)(H,16,17)/t8-/m0/s1. The Bertz CT molecular complexity index is 472. The van der Waals surface area contributed by atoms with Crippen LogP contribution in [0, 0.1) is 0 Å². The molecule has 6 heteroatoms. The maximum atomic E-state index is 11.8. The van der Waals surface area contributed by atoms with E-state index in [1.54, 1.807) is 12.1 Å². The van der Waals surface area contributed by atoms with E-state index in [-0.39, 0.29) is 0 Å². The fraction of sp³-hybridized carbons (Fsp3) is 0.385. The SMILES string of the molecule is CCOc1cc(C(=O)N[C@@H](C)C(=O)O)ccc1OC. The monoisotopic (exact) mass is 267 g/mol. The summed E-state index contributed by atoms with van der Waals surface area (Å²) in [5, 5.41) is 11.1. The van der Waals surface area contributed by atoms with Crippen LogP contribution >= 0.6 is 0 Å². The average molecular weight is 267 g/mol. The van der Waals surface area contributed by atoms with Gasteiger partial charge in [0.05, 0.1) is 13.7 Å². The molecule has 104 valence electrons. The van der Waals surface area contributed by atoms with E-state index >= 15 is 0 Å². The zero-order valence-electron chi connectivity index (χ0n) is 11.1. The van der Waals surface area contributed by atoms with Crippen molar-refractivity contribution in [3.8, 4) is 11.5 Å². The fourth-order valence-electron chi connectivity index (χ4n) is 1.43. The summed E-state index contributed by atoms with van der Waals surface area (Å²) >= 11 is 0. The molecule has 0 bridgehead atoms. The van der Waals surface area contributed by atoms with Crippen molar-refractivity contribution < 1.29 is 24.2 Å². The first-order valence-electron chi connectivity index (χ1n) is 5.84. The third-order valence-corrected chi connectivity index (χ3v) is 2.44. The van der Waals surface area contributed by atoms with Crippen molar-refractivity contribution in [1.29, 1.82) is 0 Å². The third kappa shape index (κ3) is 3.87. The predicted octanol–water partition coefficient (Wildman–Crippen LogP) is 1.30. The number of hydrogen-bond donors (Lipinski definition) is 2. The van der Waals surface area contributed by atoms with E-state index in [0.29, 0.717) is 23.7 Å². The van der Waals surface area contributed by atoms with Crippen LogP contribution in [0.4, 0.5) is 0 Å². The van der Waals surface area contributed by atoms with Gasteiger partial charge in [0.25, 0.3) is 5.91 Å². The Kier molecular flexibility index (Phi) is 5.17. The lowest BCUT2D eigenvalue weighted by Gasteiger charge is -2.12. The molecule has 0 heterocycles. The average Bonchev–Trinajstić information content (AvgIpc) is 2.38. The number of aliphatic carboxylic acids is 1. The molecule has 0 aliphatic carbocycles. The summed E-state index contributed by atoms with van der Waals surface area (Å²) in [5.74, 6) is -0.601. The molecule has 0 aliphatic rings. The molecule has 0 radical (unpaired) electrons. The van der Waals surface area contributed by atoms with Gasteiger partial charge in [-0.3, -0.25) is 9.59 Å². The zero-order valence-corrected chi connectivity index (χ0v) is 11.1. The van der Waals surface area contributed by atoms with Gasteiger partial charge in [0.1, 0.15) is 6.04 Å². The van der Waals surface area contributed by atoms with Gasteiger partial charge in [-0.1, -0.05) is 0 Å². The van der Waals surface area contributed by atoms with Crippen LogP contribution in [-0.4, -0.2) is 36.7 Å². The lowest BCUT2D eigenvalue weighted by molar-refractivity contribution is -0.138. The Balaban J connectivity index is 2.91. The maximum absolute atomic E-state index is 11.8. The summed E-state index contributed by atoms with van der Waals surface area (Å²) in [7, 11) is 1.50. The number of carbonyl (C=O) groups excluding carboxylic acids is 1. The van der Waals surface area contributed by atoms with Crippen LogP contribution in [0.5, 0.6) is 11.5 Å². The van der Waals surface area contributed by atoms with Crippen molar-refractivity contribution in [1.82, 2.24) is 5.32 Å². The molecule has 0 spiro atoms. The molecule has 0 aliphatic heterocycles. The molecule has 1 atom stereocenters. The predicted molar refractivity (Wildman–Crippen MR) is 68.7 cm³/mol. The fourth-order valence-corrected chi connectivity index (χ4v) is 1.43. The van der Waals surface area contributed by atoms with E-state index in [4.69, 9.17) is 14.6 Å². The highest BCUT2D eigenvalue weighted by atomic mass is 16.5. The molecule has 0 aromatic heterocycles. The summed E-state index contributed by atoms with van der Waals surface area (Å²) in [6, 6.07) is 3.72. The minimum absolute atomic E-state index is 0.317. The van der Waals surface area contributed by atoms with Crippen molar-refractivity contribution in [2.24, 2.45) is 0 Å². The summed E-state index contributed by atoms with van der Waals surface area (Å²) in [6.07, 6.45) is 0. The molecule has 0 unspecified atom stereocenters. The van der Waals surface area contributed by atoms with Gasteiger partial charge in [0, 0.05) is 5.56 Å². The van der Waals surface area contributed by atoms with Gasteiger partial charge in [-0.05, 0) is 32.0 Å². The summed E-state index contributed by atoms with van der Waals surface area (Å²) in [5.41, 5.74) is 0.317. The maximum Gasteiger partial charge on any atom is 0.325 e. The summed E-state index contributed by atoms with van der Waals surface area (Å²) in [6.45, 7) is 3.65. The smallest absolute Gasteiger partial charge is 0.325 e. The Morgan fingerprint density at radius 2 is 2.05 bits per heavy atom. The molecule has 1 amide bonds. The number of nitrogens with one attached hydrogen (secondary N) is 1. The molecule has 19 heavy (non-hydrogen) atoms. The van der Waals surface area contributed by atoms with Gasteiger partial charge in [-0.25, -0.2) is 0 Å². The molecule has 6 nitrogen and oxygen atoms in total. The van der Waals surface area contributed by atoms with Gasteiger partial charge in [-0.15, -0.1) is 0 Å². The van der Waals surface area contributed by atoms with Crippen LogP contribution in [0.3, 0.4) is 0 Å². The van der Waals surface area contributed by atoms with E-state index in [0.717, 1.165) is 0 Å². The van der Waals surface area contributed by atoms with Gasteiger partial charge in [-0.2, -0.15) is 0 Å². The number of carboxylic acids is 1. The molecule has 0 saturated heterocycles. The van der Waals surface area contributed by atoms with E-state index < -0.39 is 17.9 Å². The highest BCUT2D eigenvalue weighted by Gasteiger charge is 2.16. The number of carbonyl (C=O) groups is 2. The Morgan fingerprint density at radius 3 is 2.58 bits per heavy atom. The molecular formula is C13H17NO5. The van der Waals surface area contributed by atoms with Crippen LogP contribution in [0.1, 0.15) is 24.2 Å². The van der Waals surface area contributed by atoms with Crippen LogP contribution < -0.4 is 14.8 Å². The molecule has 1 aromatic rings. The highest BCUT2D eigenvalue weighted by molar-refractivity contribution is 5.97. The molecule has 0 saturated carbocycles. The first-order valence-corrected chi connectivity index (χ1v) is 5.84. The van der Waals surface area contributed by atoms with E-state index in [1.807, 2.05) is 6.92 Å². The number of rotatable bonds is 6. The number of amides is 1. The van der Waals surface area contributed by atoms with Gasteiger partial charge in [0.15, 0.2) is 11.5 Å². The van der Waals surface area contributed by atoms with Crippen molar-refractivity contribution >= 4 is 11.9 Å². The number of ether oxygens (including phenoxy) is 2. The zero-order chi connectivity index (χ0) is 14.4. The van der Waals surface area contributed by atoms with Gasteiger partial charge < -0.3 is 19.9 Å². The number of methoxy groups -OCH3 is 1. The van der Waals surface area contributed by atoms with Crippen molar-refractivity contribution in [3.63, 3.8) is 0 Å². The number of carboxylic acid groups (broad SMARTS) is 1. The quantitative estimate of drug-likeness (QED) is 0.811. The van der Waals surface area contributed by atoms with Crippen LogP contribution in [0.25, 0.3) is 0 Å². The third-order valence-electron chi connectivity index (χ3n) is 2.44. The summed E-state index contributed by atoms with van der Waals surface area (Å²) < 4.78 is 10.5. The normalized spacial score (nSPS) is 11.5. The largest absolute Gasteiger partial charge is 0.493 e. The minimum Gasteiger partial charge on any atom is -0.493 e. The Morgan fingerprint density at radius 1 is 1.37 bits per heavy atom. The Labute approximate surface area is 111 Å². The van der Waals surface area contributed by atoms with Crippen LogP contribution in [0.2, 0.25) is 0 Å². The minimum atomic E-state index is -1.09. The van der Waals surface area contributed by atoms with E-state index in [2.05, 4.69) is 5.32 Å². The topological polar surface area (TPSA) is 84.9 Å². The first-order chi connectivity index (χ1) is 8.99. The molecular weight excluding hydrogens is 250 g/mol. The lowest BCUT2D eigenvalue weighted by atomic mass is 10.1. The van der Waals surface area contributed by atoms with Gasteiger partial charge >= 0.3 is 5.97 Å². The van der Waals surface area contributed by atoms with E-state index in [1.165, 1.54) is 20.1 Å². The first kappa shape index (κ1) is 14.8. The van der Waals surface area contributed by atoms with Crippen molar-refractivity contribution in [2.75, 3.05) is 13.7 Å². The number of hydrogen-bond acceptors (Lipinski definition) is 4. The Hall–Kier alpha value is -2.24. The van der Waals surface area contributed by atoms with Crippen molar-refractivity contribution in [2.45, 2.75) is 19.9 Å². The second-order valence-electron chi connectivity index (χ2n) is 3.83. The molecule has 0 fully saturated rings. The van der Waals surface area contributed by atoms with Crippen LogP contribution in [-0.2, 0) is 4.79 Å². The lowest BCUT2D eigenvalue weighted by Crippen LogP contribution is -2.38. The highest BCUT2D eigenvalue weighted by Crippen LogP contribution is 2.27. The van der Waals surface area contributed by atoms with E-state index in [9.17, 15) is 9.59 Å².